The smallest absolute Gasteiger partial charge is 0.267 e. The van der Waals surface area contributed by atoms with E-state index in [4.69, 9.17) is 0 Å². The Balaban J connectivity index is 1.94. The number of nitrogens with zero attached hydrogens (tertiary/aromatic N) is 2. The molecule has 4 nitrogen and oxygen atoms in total. The molecular formula is C16H15N3O. The summed E-state index contributed by atoms with van der Waals surface area (Å²) in [4.78, 5) is 15.6. The number of pyridine rings is 1. The Morgan fingerprint density at radius 2 is 1.85 bits per heavy atom. The average Bonchev–Trinajstić information content (AvgIpc) is 2.49. The lowest BCUT2D eigenvalue weighted by Crippen LogP contribution is -2.17. The molecule has 0 saturated carbocycles. The first-order valence-corrected chi connectivity index (χ1v) is 6.22. The summed E-state index contributed by atoms with van der Waals surface area (Å²) in [7, 11) is 0. The number of aromatic nitrogens is 1. The van der Waals surface area contributed by atoms with Crippen LogP contribution in [0.2, 0.25) is 0 Å². The third-order valence-electron chi connectivity index (χ3n) is 2.57. The van der Waals surface area contributed by atoms with Gasteiger partial charge in [0.1, 0.15) is 0 Å². The third kappa shape index (κ3) is 4.17. The monoisotopic (exact) mass is 265 g/mol. The summed E-state index contributed by atoms with van der Waals surface area (Å²) in [5.74, 6) is -0.254. The van der Waals surface area contributed by atoms with Gasteiger partial charge in [-0.2, -0.15) is 5.10 Å². The van der Waals surface area contributed by atoms with E-state index in [0.29, 0.717) is 5.56 Å². The number of hydrogen-bond acceptors (Lipinski definition) is 3. The zero-order chi connectivity index (χ0) is 14.2. The van der Waals surface area contributed by atoms with E-state index in [1.54, 1.807) is 30.7 Å². The highest BCUT2D eigenvalue weighted by atomic mass is 16.2. The number of nitrogens with one attached hydrogen (secondary N) is 1. The Bertz CT molecular complexity index is 619. The highest BCUT2D eigenvalue weighted by Gasteiger charge is 2.01. The molecule has 0 aliphatic heterocycles. The van der Waals surface area contributed by atoms with Crippen molar-refractivity contribution in [1.82, 2.24) is 10.4 Å². The maximum Gasteiger partial charge on any atom is 0.271 e. The lowest BCUT2D eigenvalue weighted by Gasteiger charge is -1.98. The molecule has 0 aliphatic carbocycles. The Morgan fingerprint density at radius 1 is 1.15 bits per heavy atom. The molecule has 100 valence electrons. The van der Waals surface area contributed by atoms with E-state index >= 15 is 0 Å². The van der Waals surface area contributed by atoms with Gasteiger partial charge in [0.25, 0.3) is 5.91 Å². The van der Waals surface area contributed by atoms with Gasteiger partial charge in [0.05, 0.1) is 6.21 Å². The van der Waals surface area contributed by atoms with Crippen molar-refractivity contribution in [1.29, 1.82) is 0 Å². The van der Waals surface area contributed by atoms with E-state index in [0.717, 1.165) is 11.1 Å². The van der Waals surface area contributed by atoms with E-state index in [2.05, 4.69) is 15.5 Å². The summed E-state index contributed by atoms with van der Waals surface area (Å²) >= 11 is 0. The van der Waals surface area contributed by atoms with Gasteiger partial charge >= 0.3 is 0 Å². The molecule has 0 radical (unpaired) electrons. The molecule has 0 unspecified atom stereocenters. The van der Waals surface area contributed by atoms with Crippen molar-refractivity contribution in [3.8, 4) is 0 Å². The van der Waals surface area contributed by atoms with Crippen LogP contribution in [0.4, 0.5) is 0 Å². The van der Waals surface area contributed by atoms with Gasteiger partial charge < -0.3 is 0 Å². The van der Waals surface area contributed by atoms with Crippen LogP contribution in [-0.4, -0.2) is 17.1 Å². The van der Waals surface area contributed by atoms with Crippen LogP contribution >= 0.6 is 0 Å². The van der Waals surface area contributed by atoms with E-state index < -0.39 is 0 Å². The molecular weight excluding hydrogens is 250 g/mol. The summed E-state index contributed by atoms with van der Waals surface area (Å²) < 4.78 is 0. The molecule has 2 aromatic rings. The summed E-state index contributed by atoms with van der Waals surface area (Å²) in [5, 5.41) is 3.93. The van der Waals surface area contributed by atoms with E-state index in [1.165, 1.54) is 0 Å². The third-order valence-corrected chi connectivity index (χ3v) is 2.57. The normalized spacial score (nSPS) is 11.6. The van der Waals surface area contributed by atoms with Crippen molar-refractivity contribution in [2.24, 2.45) is 5.10 Å². The maximum atomic E-state index is 11.7. The van der Waals surface area contributed by atoms with Crippen LogP contribution < -0.4 is 5.43 Å². The van der Waals surface area contributed by atoms with Crippen LogP contribution in [0.25, 0.3) is 6.08 Å². The first kappa shape index (κ1) is 13.7. The second-order valence-electron chi connectivity index (χ2n) is 4.23. The number of rotatable bonds is 4. The van der Waals surface area contributed by atoms with Crippen molar-refractivity contribution in [3.63, 3.8) is 0 Å². The minimum absolute atomic E-state index is 0.254. The first-order chi connectivity index (χ1) is 9.75. The van der Waals surface area contributed by atoms with Crippen LogP contribution in [0.1, 0.15) is 22.8 Å². The van der Waals surface area contributed by atoms with Crippen molar-refractivity contribution < 1.29 is 4.79 Å². The van der Waals surface area contributed by atoms with Gasteiger partial charge in [-0.15, -0.1) is 0 Å². The first-order valence-electron chi connectivity index (χ1n) is 6.22. The summed E-state index contributed by atoms with van der Waals surface area (Å²) in [6, 6.07) is 13.2. The van der Waals surface area contributed by atoms with E-state index in [1.807, 2.05) is 43.3 Å². The number of benzene rings is 1. The summed E-state index contributed by atoms with van der Waals surface area (Å²) in [6.45, 7) is 1.93. The van der Waals surface area contributed by atoms with Crippen LogP contribution in [-0.2, 0) is 0 Å². The molecule has 20 heavy (non-hydrogen) atoms. The standard InChI is InChI=1S/C16H15N3O/c1-13(11-14-5-3-2-4-6-14)12-18-19-16(20)15-7-9-17-10-8-15/h2-12H,1H3,(H,19,20)/b13-11+,18-12?. The topological polar surface area (TPSA) is 54.4 Å². The molecule has 1 aromatic carbocycles. The molecule has 0 fully saturated rings. The van der Waals surface area contributed by atoms with E-state index in [-0.39, 0.29) is 5.91 Å². The Kier molecular flexibility index (Phi) is 4.78. The van der Waals surface area contributed by atoms with E-state index in [9.17, 15) is 4.79 Å². The lowest BCUT2D eigenvalue weighted by molar-refractivity contribution is 0.0955. The predicted octanol–water partition coefficient (Wildman–Crippen LogP) is 2.90. The zero-order valence-electron chi connectivity index (χ0n) is 11.2. The van der Waals surface area contributed by atoms with Crippen molar-refractivity contribution in [2.45, 2.75) is 6.92 Å². The van der Waals surface area contributed by atoms with Gasteiger partial charge in [0, 0.05) is 18.0 Å². The molecule has 1 N–H and O–H groups in total. The molecule has 0 saturated heterocycles. The fourth-order valence-corrected chi connectivity index (χ4v) is 1.61. The van der Waals surface area contributed by atoms with Gasteiger partial charge in [-0.05, 0) is 30.2 Å². The molecule has 0 bridgehead atoms. The Hall–Kier alpha value is -2.75. The Labute approximate surface area is 117 Å². The lowest BCUT2D eigenvalue weighted by atomic mass is 10.1. The minimum Gasteiger partial charge on any atom is -0.267 e. The maximum absolute atomic E-state index is 11.7. The second-order valence-corrected chi connectivity index (χ2v) is 4.23. The molecule has 0 aliphatic rings. The number of hydrazone groups is 1. The molecule has 1 aromatic heterocycles. The minimum atomic E-state index is -0.254. The highest BCUT2D eigenvalue weighted by molar-refractivity contribution is 5.95. The van der Waals surface area contributed by atoms with Crippen LogP contribution in [0.3, 0.4) is 0 Å². The van der Waals surface area contributed by atoms with Crippen LogP contribution in [0.15, 0.2) is 65.5 Å². The van der Waals surface area contributed by atoms with Gasteiger partial charge in [-0.25, -0.2) is 5.43 Å². The average molecular weight is 265 g/mol. The highest BCUT2D eigenvalue weighted by Crippen LogP contribution is 2.04. The van der Waals surface area contributed by atoms with Crippen LogP contribution in [0.5, 0.6) is 0 Å². The fourth-order valence-electron chi connectivity index (χ4n) is 1.61. The molecule has 4 heteroatoms. The molecule has 1 amide bonds. The van der Waals surface area contributed by atoms with Crippen molar-refractivity contribution in [3.05, 3.63) is 71.6 Å². The van der Waals surface area contributed by atoms with Crippen LogP contribution in [0, 0.1) is 0 Å². The SMILES string of the molecule is C/C(C=NNC(=O)c1ccncc1)=C\c1ccccc1. The van der Waals surface area contributed by atoms with Gasteiger partial charge in [-0.1, -0.05) is 36.4 Å². The number of amides is 1. The van der Waals surface area contributed by atoms with Gasteiger partial charge in [0.2, 0.25) is 0 Å². The van der Waals surface area contributed by atoms with Gasteiger partial charge in [0.15, 0.2) is 0 Å². The quantitative estimate of drug-likeness (QED) is 0.682. The zero-order valence-corrected chi connectivity index (χ0v) is 11.2. The number of hydrogen-bond donors (Lipinski definition) is 1. The van der Waals surface area contributed by atoms with Crippen molar-refractivity contribution in [2.75, 3.05) is 0 Å². The molecule has 2 rings (SSSR count). The number of carbonyl (C=O) groups is 1. The summed E-state index contributed by atoms with van der Waals surface area (Å²) in [6.07, 6.45) is 6.74. The summed E-state index contributed by atoms with van der Waals surface area (Å²) in [5.41, 5.74) is 5.05. The number of carbonyl (C=O) groups excluding carboxylic acids is 1. The number of allylic oxidation sites excluding steroid dienone is 1. The molecule has 0 spiro atoms. The second kappa shape index (κ2) is 6.99. The van der Waals surface area contributed by atoms with Gasteiger partial charge in [-0.3, -0.25) is 9.78 Å². The molecule has 1 heterocycles. The molecule has 0 atom stereocenters. The Morgan fingerprint density at radius 3 is 2.55 bits per heavy atom. The fraction of sp³-hybridized carbons (Fsp3) is 0.0625. The van der Waals surface area contributed by atoms with Crippen molar-refractivity contribution >= 4 is 18.2 Å². The predicted molar refractivity (Wildman–Crippen MR) is 80.3 cm³/mol. The largest absolute Gasteiger partial charge is 0.271 e.